The van der Waals surface area contributed by atoms with E-state index in [9.17, 15) is 0 Å². The third-order valence-corrected chi connectivity index (χ3v) is 0. The van der Waals surface area contributed by atoms with E-state index in [1.165, 1.54) is 7.05 Å². The van der Waals surface area contributed by atoms with Gasteiger partial charge in [-0.3, -0.25) is 0 Å². The molecule has 0 aliphatic heterocycles. The quantitative estimate of drug-likeness (QED) is 0.322. The third kappa shape index (κ3) is 26.2. The van der Waals surface area contributed by atoms with E-state index in [4.69, 9.17) is 5.21 Å². The van der Waals surface area contributed by atoms with Crippen LogP contribution in [0.3, 0.4) is 0 Å². The molecule has 0 aromatic rings. The predicted molar refractivity (Wildman–Crippen MR) is 10.8 cm³/mol. The summed E-state index contributed by atoms with van der Waals surface area (Å²) in [6, 6.07) is 0. The SMILES string of the molecule is CNO.[Mn]. The zero-order valence-corrected chi connectivity index (χ0v) is 3.51. The van der Waals surface area contributed by atoms with Crippen molar-refractivity contribution in [3.05, 3.63) is 0 Å². The second-order valence-electron chi connectivity index (χ2n) is 0.224. The van der Waals surface area contributed by atoms with Gasteiger partial charge in [-0.1, -0.05) is 0 Å². The molecule has 4 heavy (non-hydrogen) atoms. The van der Waals surface area contributed by atoms with Crippen LogP contribution >= 0.6 is 0 Å². The smallest absolute Gasteiger partial charge is 0.00929 e. The van der Waals surface area contributed by atoms with Crippen LogP contribution < -0.4 is 5.48 Å². The first-order chi connectivity index (χ1) is 1.41. The van der Waals surface area contributed by atoms with Crippen LogP contribution in [0.2, 0.25) is 0 Å². The molecule has 0 unspecified atom stereocenters. The van der Waals surface area contributed by atoms with Crippen LogP contribution in [-0.4, -0.2) is 12.3 Å². The van der Waals surface area contributed by atoms with Crippen molar-refractivity contribution in [2.24, 2.45) is 0 Å². The molecule has 0 saturated heterocycles. The zero-order valence-electron chi connectivity index (χ0n) is 2.33. The molecule has 0 atom stereocenters. The normalized spacial score (nSPS) is 4.50. The molecular formula is CH5MnNO. The first-order valence-electron chi connectivity index (χ1n) is 0.724. The number of nitrogens with one attached hydrogen (secondary N) is 1. The van der Waals surface area contributed by atoms with Gasteiger partial charge in [-0.05, 0) is 0 Å². The van der Waals surface area contributed by atoms with Crippen LogP contribution in [-0.2, 0) is 17.1 Å². The van der Waals surface area contributed by atoms with E-state index in [0.29, 0.717) is 0 Å². The Morgan fingerprint density at radius 3 is 1.75 bits per heavy atom. The Labute approximate surface area is 35.6 Å². The van der Waals surface area contributed by atoms with Crippen LogP contribution in [0.5, 0.6) is 0 Å². The minimum Gasteiger partial charge on any atom is -0.317 e. The van der Waals surface area contributed by atoms with Crippen molar-refractivity contribution in [2.45, 2.75) is 0 Å². The van der Waals surface area contributed by atoms with Gasteiger partial charge in [0, 0.05) is 24.1 Å². The van der Waals surface area contributed by atoms with E-state index in [1.807, 2.05) is 0 Å². The maximum absolute atomic E-state index is 7.32. The summed E-state index contributed by atoms with van der Waals surface area (Å²) in [4.78, 5) is 0. The fraction of sp³-hybridized carbons (Fsp3) is 1.00. The average molecular weight is 102 g/mol. The Morgan fingerprint density at radius 2 is 1.75 bits per heavy atom. The molecule has 27 valence electrons. The summed E-state index contributed by atoms with van der Waals surface area (Å²) in [5.41, 5.74) is 1.75. The molecule has 0 aromatic heterocycles. The van der Waals surface area contributed by atoms with E-state index in [-0.39, 0.29) is 17.1 Å². The summed E-state index contributed by atoms with van der Waals surface area (Å²) < 4.78 is 0. The molecule has 0 aliphatic carbocycles. The minimum atomic E-state index is 0. The van der Waals surface area contributed by atoms with E-state index in [2.05, 4.69) is 0 Å². The Hall–Kier alpha value is 0.439. The first-order valence-corrected chi connectivity index (χ1v) is 0.724. The molecule has 0 aliphatic rings. The fourth-order valence-corrected chi connectivity index (χ4v) is 0. The first kappa shape index (κ1) is 8.83. The van der Waals surface area contributed by atoms with Crippen molar-refractivity contribution in [1.82, 2.24) is 5.48 Å². The molecule has 3 heteroatoms. The van der Waals surface area contributed by atoms with Crippen molar-refractivity contribution < 1.29 is 22.3 Å². The molecule has 0 saturated carbocycles. The predicted octanol–water partition coefficient (Wildman–Crippen LogP) is -0.407. The van der Waals surface area contributed by atoms with Gasteiger partial charge in [-0.2, -0.15) is 0 Å². The molecule has 0 amide bonds. The van der Waals surface area contributed by atoms with E-state index >= 15 is 0 Å². The summed E-state index contributed by atoms with van der Waals surface area (Å²) in [5.74, 6) is 0. The van der Waals surface area contributed by atoms with Gasteiger partial charge in [0.25, 0.3) is 0 Å². The van der Waals surface area contributed by atoms with Crippen molar-refractivity contribution in [3.8, 4) is 0 Å². The van der Waals surface area contributed by atoms with Crippen LogP contribution in [0.15, 0.2) is 0 Å². The molecular weight excluding hydrogens is 97.0 g/mol. The summed E-state index contributed by atoms with van der Waals surface area (Å²) >= 11 is 0. The maximum atomic E-state index is 7.32. The Balaban J connectivity index is 0. The molecule has 0 fully saturated rings. The Morgan fingerprint density at radius 1 is 1.75 bits per heavy atom. The van der Waals surface area contributed by atoms with Gasteiger partial charge >= 0.3 is 0 Å². The topological polar surface area (TPSA) is 32.3 Å². The second kappa shape index (κ2) is 9.88. The van der Waals surface area contributed by atoms with Gasteiger partial charge in [-0.25, -0.2) is 5.48 Å². The standard InChI is InChI=1S/CH5NO.Mn/c1-2-3;/h2-3H,1H3;. The third-order valence-electron chi connectivity index (χ3n) is 0. The summed E-state index contributed by atoms with van der Waals surface area (Å²) in [7, 11) is 1.43. The molecule has 0 heterocycles. The summed E-state index contributed by atoms with van der Waals surface area (Å²) in [6.45, 7) is 0. The largest absolute Gasteiger partial charge is 0.317 e. The molecule has 1 radical (unpaired) electrons. The van der Waals surface area contributed by atoms with E-state index < -0.39 is 0 Å². The molecule has 0 rings (SSSR count). The molecule has 2 N–H and O–H groups in total. The van der Waals surface area contributed by atoms with Gasteiger partial charge in [0.2, 0.25) is 0 Å². The van der Waals surface area contributed by atoms with Gasteiger partial charge < -0.3 is 5.21 Å². The minimum absolute atomic E-state index is 0. The van der Waals surface area contributed by atoms with Crippen LogP contribution in [0.1, 0.15) is 0 Å². The summed E-state index contributed by atoms with van der Waals surface area (Å²) in [6.07, 6.45) is 0. The van der Waals surface area contributed by atoms with Gasteiger partial charge in [0.05, 0.1) is 0 Å². The molecule has 2 nitrogen and oxygen atoms in total. The second-order valence-corrected chi connectivity index (χ2v) is 0.224. The van der Waals surface area contributed by atoms with Gasteiger partial charge in [0.1, 0.15) is 0 Å². The van der Waals surface area contributed by atoms with Gasteiger partial charge in [0.15, 0.2) is 0 Å². The van der Waals surface area contributed by atoms with Crippen molar-refractivity contribution in [2.75, 3.05) is 7.05 Å². The van der Waals surface area contributed by atoms with Gasteiger partial charge in [-0.15, -0.1) is 0 Å². The number of rotatable bonds is 0. The number of hydroxylamine groups is 1. The van der Waals surface area contributed by atoms with Crippen LogP contribution in [0.25, 0.3) is 0 Å². The number of hydrogen-bond acceptors (Lipinski definition) is 2. The van der Waals surface area contributed by atoms with Crippen LogP contribution in [0, 0.1) is 0 Å². The van der Waals surface area contributed by atoms with E-state index in [0.717, 1.165) is 0 Å². The molecule has 0 bridgehead atoms. The zero-order chi connectivity index (χ0) is 2.71. The average Bonchev–Trinajstić information content (AvgIpc) is 0.918. The monoisotopic (exact) mass is 102 g/mol. The summed E-state index contributed by atoms with van der Waals surface area (Å²) in [5, 5.41) is 7.32. The maximum Gasteiger partial charge on any atom is 0.00929 e. The van der Waals surface area contributed by atoms with Crippen LogP contribution in [0.4, 0.5) is 0 Å². The Bertz CT molecular complexity index is 8.00. The van der Waals surface area contributed by atoms with E-state index in [1.54, 1.807) is 5.48 Å². The van der Waals surface area contributed by atoms with Crippen molar-refractivity contribution in [3.63, 3.8) is 0 Å². The molecule has 0 spiro atoms. The molecule has 0 aromatic carbocycles. The van der Waals surface area contributed by atoms with Crippen molar-refractivity contribution >= 4 is 0 Å². The fourth-order valence-electron chi connectivity index (χ4n) is 0. The van der Waals surface area contributed by atoms with Crippen molar-refractivity contribution in [1.29, 1.82) is 0 Å². The Kier molecular flexibility index (Phi) is 21.8. The number of hydrogen-bond donors (Lipinski definition) is 2.